The van der Waals surface area contributed by atoms with Crippen molar-refractivity contribution in [3.8, 4) is 5.75 Å². The monoisotopic (exact) mass is 313 g/mol. The second-order valence-electron chi connectivity index (χ2n) is 4.22. The Bertz CT molecular complexity index is 425. The lowest BCUT2D eigenvalue weighted by Crippen LogP contribution is -2.20. The lowest BCUT2D eigenvalue weighted by Gasteiger charge is -2.18. The minimum Gasteiger partial charge on any atom is -0.406 e. The molecule has 0 aliphatic carbocycles. The smallest absolute Gasteiger partial charge is 0.406 e. The second kappa shape index (κ2) is 8.14. The Morgan fingerprint density at radius 2 is 1.95 bits per heavy atom. The van der Waals surface area contributed by atoms with E-state index < -0.39 is 19.4 Å². The van der Waals surface area contributed by atoms with Crippen molar-refractivity contribution in [2.24, 2.45) is 0 Å². The molecule has 1 rings (SSSR count). The van der Waals surface area contributed by atoms with Crippen LogP contribution in [0.1, 0.15) is 18.0 Å². The van der Waals surface area contributed by atoms with Crippen molar-refractivity contribution in [3.05, 3.63) is 29.8 Å². The fraction of sp³-hybridized carbons (Fsp3) is 0.538. The summed E-state index contributed by atoms with van der Waals surface area (Å²) in [6, 6.07) is 5.18. The van der Waals surface area contributed by atoms with Crippen LogP contribution in [0.3, 0.4) is 0 Å². The molecule has 0 radical (unpaired) electrons. The summed E-state index contributed by atoms with van der Waals surface area (Å²) in [7, 11) is 1.62. The summed E-state index contributed by atoms with van der Waals surface area (Å²) >= 11 is 0. The quantitative estimate of drug-likeness (QED) is 0.588. The third-order valence-electron chi connectivity index (χ3n) is 2.64. The van der Waals surface area contributed by atoms with Gasteiger partial charge in [-0.05, 0) is 31.2 Å². The van der Waals surface area contributed by atoms with Gasteiger partial charge in [0, 0.05) is 12.6 Å². The lowest BCUT2D eigenvalue weighted by molar-refractivity contribution is -0.274. The molecule has 0 amide bonds. The number of nitrogens with one attached hydrogen (secondary N) is 1. The summed E-state index contributed by atoms with van der Waals surface area (Å²) in [4.78, 5) is 0. The van der Waals surface area contributed by atoms with Gasteiger partial charge in [0.2, 0.25) is 0 Å². The van der Waals surface area contributed by atoms with Crippen LogP contribution in [0, 0.1) is 0 Å². The summed E-state index contributed by atoms with van der Waals surface area (Å²) in [5.74, 6) is -0.325. The molecule has 0 bridgehead atoms. The highest BCUT2D eigenvalue weighted by molar-refractivity contribution is 5.30. The largest absolute Gasteiger partial charge is 0.573 e. The predicted molar refractivity (Wildman–Crippen MR) is 66.4 cm³/mol. The van der Waals surface area contributed by atoms with Crippen LogP contribution in [0.4, 0.5) is 22.0 Å². The van der Waals surface area contributed by atoms with Crippen LogP contribution in [0.2, 0.25) is 0 Å². The van der Waals surface area contributed by atoms with Crippen LogP contribution in [0.15, 0.2) is 24.3 Å². The molecule has 0 aliphatic rings. The average molecular weight is 313 g/mol. The average Bonchev–Trinajstić information content (AvgIpc) is 2.36. The SMILES string of the molecule is CNC(CCOCC(F)F)c1cccc(OC(F)(F)F)c1. The molecule has 1 aromatic rings. The van der Waals surface area contributed by atoms with Crippen LogP contribution in [-0.4, -0.2) is 33.0 Å². The highest BCUT2D eigenvalue weighted by Crippen LogP contribution is 2.26. The molecule has 0 fully saturated rings. The summed E-state index contributed by atoms with van der Waals surface area (Å²) in [6.45, 7) is -0.589. The van der Waals surface area contributed by atoms with Crippen molar-refractivity contribution in [1.29, 1.82) is 0 Å². The molecule has 120 valence electrons. The molecular formula is C13H16F5NO2. The molecule has 0 saturated carbocycles. The maximum atomic E-state index is 12.2. The predicted octanol–water partition coefficient (Wildman–Crippen LogP) is 3.52. The first-order valence-corrected chi connectivity index (χ1v) is 6.20. The van der Waals surface area contributed by atoms with E-state index in [-0.39, 0.29) is 18.4 Å². The van der Waals surface area contributed by atoms with Gasteiger partial charge in [-0.1, -0.05) is 12.1 Å². The van der Waals surface area contributed by atoms with E-state index in [1.807, 2.05) is 0 Å². The second-order valence-corrected chi connectivity index (χ2v) is 4.22. The fourth-order valence-electron chi connectivity index (χ4n) is 1.78. The van der Waals surface area contributed by atoms with Crippen LogP contribution in [0.25, 0.3) is 0 Å². The molecule has 1 aromatic carbocycles. The van der Waals surface area contributed by atoms with E-state index in [2.05, 4.69) is 10.1 Å². The molecule has 0 heterocycles. The van der Waals surface area contributed by atoms with Crippen molar-refractivity contribution in [3.63, 3.8) is 0 Å². The molecule has 0 aliphatic heterocycles. The van der Waals surface area contributed by atoms with Crippen LogP contribution >= 0.6 is 0 Å². The van der Waals surface area contributed by atoms with E-state index in [1.54, 1.807) is 13.1 Å². The fourth-order valence-corrected chi connectivity index (χ4v) is 1.78. The van der Waals surface area contributed by atoms with Crippen molar-refractivity contribution < 1.29 is 31.4 Å². The van der Waals surface area contributed by atoms with E-state index in [0.717, 1.165) is 0 Å². The van der Waals surface area contributed by atoms with Crippen LogP contribution in [0.5, 0.6) is 5.75 Å². The van der Waals surface area contributed by atoms with E-state index in [1.165, 1.54) is 18.2 Å². The Morgan fingerprint density at radius 1 is 1.24 bits per heavy atom. The van der Waals surface area contributed by atoms with Gasteiger partial charge >= 0.3 is 6.36 Å². The molecule has 1 N–H and O–H groups in total. The van der Waals surface area contributed by atoms with Crippen molar-refractivity contribution in [2.75, 3.05) is 20.3 Å². The molecule has 1 unspecified atom stereocenters. The van der Waals surface area contributed by atoms with Gasteiger partial charge in [-0.25, -0.2) is 8.78 Å². The minimum absolute atomic E-state index is 0.0696. The van der Waals surface area contributed by atoms with Gasteiger partial charge in [-0.3, -0.25) is 0 Å². The maximum Gasteiger partial charge on any atom is 0.573 e. The topological polar surface area (TPSA) is 30.5 Å². The molecule has 1 atom stereocenters. The Balaban J connectivity index is 2.61. The first kappa shape index (κ1) is 17.6. The first-order valence-electron chi connectivity index (χ1n) is 6.20. The summed E-state index contributed by atoms with van der Waals surface area (Å²) in [6.07, 6.45) is -6.95. The van der Waals surface area contributed by atoms with E-state index in [9.17, 15) is 22.0 Å². The standard InChI is InChI=1S/C13H16F5NO2/c1-19-11(5-6-20-8-12(14)15)9-3-2-4-10(7-9)21-13(16,17)18/h2-4,7,11-12,19H,5-6,8H2,1H3. The molecular weight excluding hydrogens is 297 g/mol. The number of ether oxygens (including phenoxy) is 2. The first-order chi connectivity index (χ1) is 9.81. The lowest BCUT2D eigenvalue weighted by atomic mass is 10.0. The van der Waals surface area contributed by atoms with Crippen LogP contribution in [-0.2, 0) is 4.74 Å². The van der Waals surface area contributed by atoms with Gasteiger partial charge in [-0.15, -0.1) is 13.2 Å². The Kier molecular flexibility index (Phi) is 6.83. The molecule has 21 heavy (non-hydrogen) atoms. The number of hydrogen-bond donors (Lipinski definition) is 1. The van der Waals surface area contributed by atoms with Crippen molar-refractivity contribution in [2.45, 2.75) is 25.3 Å². The highest BCUT2D eigenvalue weighted by atomic mass is 19.4. The van der Waals surface area contributed by atoms with Crippen molar-refractivity contribution in [1.82, 2.24) is 5.32 Å². The van der Waals surface area contributed by atoms with Gasteiger partial charge < -0.3 is 14.8 Å². The molecule has 0 aromatic heterocycles. The van der Waals surface area contributed by atoms with Gasteiger partial charge in [0.1, 0.15) is 12.4 Å². The normalized spacial score (nSPS) is 13.5. The van der Waals surface area contributed by atoms with E-state index in [0.29, 0.717) is 12.0 Å². The van der Waals surface area contributed by atoms with E-state index in [4.69, 9.17) is 4.74 Å². The Morgan fingerprint density at radius 3 is 2.52 bits per heavy atom. The van der Waals surface area contributed by atoms with Gasteiger partial charge in [0.15, 0.2) is 0 Å². The number of alkyl halides is 5. The maximum absolute atomic E-state index is 12.2. The molecule has 8 heteroatoms. The third-order valence-corrected chi connectivity index (χ3v) is 2.64. The zero-order chi connectivity index (χ0) is 15.9. The third kappa shape index (κ3) is 7.24. The summed E-state index contributed by atoms with van der Waals surface area (Å²) in [5, 5.41) is 2.89. The van der Waals surface area contributed by atoms with Crippen molar-refractivity contribution >= 4 is 0 Å². The Hall–Kier alpha value is -1.41. The molecule has 3 nitrogen and oxygen atoms in total. The summed E-state index contributed by atoms with van der Waals surface area (Å²) < 4.78 is 68.9. The number of rotatable bonds is 8. The zero-order valence-corrected chi connectivity index (χ0v) is 11.3. The summed E-state index contributed by atoms with van der Waals surface area (Å²) in [5.41, 5.74) is 0.555. The van der Waals surface area contributed by atoms with Gasteiger partial charge in [0.05, 0.1) is 0 Å². The van der Waals surface area contributed by atoms with E-state index >= 15 is 0 Å². The number of benzene rings is 1. The van der Waals surface area contributed by atoms with Crippen LogP contribution < -0.4 is 10.1 Å². The number of hydrogen-bond acceptors (Lipinski definition) is 3. The molecule has 0 saturated heterocycles. The highest BCUT2D eigenvalue weighted by Gasteiger charge is 2.31. The molecule has 0 spiro atoms. The zero-order valence-electron chi connectivity index (χ0n) is 11.3. The number of halogens is 5. The minimum atomic E-state index is -4.76. The Labute approximate surface area is 119 Å². The van der Waals surface area contributed by atoms with Gasteiger partial charge in [0.25, 0.3) is 6.43 Å². The van der Waals surface area contributed by atoms with Gasteiger partial charge in [-0.2, -0.15) is 0 Å².